The van der Waals surface area contributed by atoms with E-state index >= 15 is 0 Å². The van der Waals surface area contributed by atoms with Crippen molar-refractivity contribution in [3.63, 3.8) is 0 Å². The van der Waals surface area contributed by atoms with Crippen LogP contribution in [0.15, 0.2) is 55.0 Å². The third-order valence-electron chi connectivity index (χ3n) is 4.86. The zero-order chi connectivity index (χ0) is 20.2. The topological polar surface area (TPSA) is 68.2 Å². The second kappa shape index (κ2) is 8.34. The highest BCUT2D eigenvalue weighted by molar-refractivity contribution is 6.00. The summed E-state index contributed by atoms with van der Waals surface area (Å²) in [6, 6.07) is 9.55. The van der Waals surface area contributed by atoms with E-state index < -0.39 is 5.82 Å². The number of hydrogen-bond acceptors (Lipinski definition) is 5. The number of likely N-dealkylation sites (tertiary alicyclic amines) is 1. The van der Waals surface area contributed by atoms with Crippen molar-refractivity contribution in [2.24, 2.45) is 0 Å². The Morgan fingerprint density at radius 2 is 1.97 bits per heavy atom. The van der Waals surface area contributed by atoms with Crippen molar-refractivity contribution in [3.8, 4) is 17.3 Å². The average Bonchev–Trinajstić information content (AvgIpc) is 2.74. The van der Waals surface area contributed by atoms with Gasteiger partial charge in [-0.1, -0.05) is 0 Å². The Hall–Kier alpha value is -3.35. The monoisotopic (exact) mass is 392 g/mol. The molecule has 7 heteroatoms. The van der Waals surface area contributed by atoms with E-state index in [2.05, 4.69) is 15.0 Å². The minimum Gasteiger partial charge on any atom is -0.472 e. The van der Waals surface area contributed by atoms with Gasteiger partial charge in [-0.2, -0.15) is 0 Å². The Bertz CT molecular complexity index is 1010. The lowest BCUT2D eigenvalue weighted by molar-refractivity contribution is 0.0528. The van der Waals surface area contributed by atoms with Crippen LogP contribution in [0.5, 0.6) is 5.88 Å². The second-order valence-electron chi connectivity index (χ2n) is 7.07. The van der Waals surface area contributed by atoms with Gasteiger partial charge in [-0.05, 0) is 55.7 Å². The third kappa shape index (κ3) is 4.39. The van der Waals surface area contributed by atoms with E-state index in [1.165, 1.54) is 18.2 Å². The number of piperidine rings is 1. The summed E-state index contributed by atoms with van der Waals surface area (Å²) in [5.41, 5.74) is 1.84. The number of carbonyl (C=O) groups excluding carboxylic acids is 1. The predicted molar refractivity (Wildman–Crippen MR) is 106 cm³/mol. The van der Waals surface area contributed by atoms with Gasteiger partial charge in [0, 0.05) is 36.8 Å². The van der Waals surface area contributed by atoms with Crippen LogP contribution in [0.25, 0.3) is 11.4 Å². The Morgan fingerprint density at radius 1 is 1.14 bits per heavy atom. The molecule has 148 valence electrons. The number of aromatic nitrogens is 3. The SMILES string of the molecule is Cc1ccnc(O[C@@H]2CCCN(C(=O)c3ccc(F)cc3-c3ncccn3)C2)c1. The van der Waals surface area contributed by atoms with Gasteiger partial charge in [0.05, 0.1) is 12.1 Å². The second-order valence-corrected chi connectivity index (χ2v) is 7.07. The van der Waals surface area contributed by atoms with Crippen molar-refractivity contribution >= 4 is 5.91 Å². The first-order chi connectivity index (χ1) is 14.1. The van der Waals surface area contributed by atoms with Crippen LogP contribution in [0, 0.1) is 12.7 Å². The normalized spacial score (nSPS) is 16.5. The summed E-state index contributed by atoms with van der Waals surface area (Å²) in [5.74, 6) is 0.265. The van der Waals surface area contributed by atoms with Crippen LogP contribution in [0.2, 0.25) is 0 Å². The number of halogens is 1. The molecular formula is C22H21FN4O2. The number of amides is 1. The van der Waals surface area contributed by atoms with Crippen molar-refractivity contribution < 1.29 is 13.9 Å². The number of benzene rings is 1. The van der Waals surface area contributed by atoms with Gasteiger partial charge in [-0.3, -0.25) is 4.79 Å². The molecule has 1 amide bonds. The lowest BCUT2D eigenvalue weighted by Crippen LogP contribution is -2.44. The number of rotatable bonds is 4. The first kappa shape index (κ1) is 19.0. The average molecular weight is 392 g/mol. The van der Waals surface area contributed by atoms with Crippen molar-refractivity contribution in [1.29, 1.82) is 0 Å². The van der Waals surface area contributed by atoms with Crippen LogP contribution < -0.4 is 4.74 Å². The molecule has 1 atom stereocenters. The third-order valence-corrected chi connectivity index (χ3v) is 4.86. The summed E-state index contributed by atoms with van der Waals surface area (Å²) in [7, 11) is 0. The highest BCUT2D eigenvalue weighted by atomic mass is 19.1. The number of aryl methyl sites for hydroxylation is 1. The van der Waals surface area contributed by atoms with Gasteiger partial charge in [-0.15, -0.1) is 0 Å². The van der Waals surface area contributed by atoms with E-state index in [4.69, 9.17) is 4.74 Å². The summed E-state index contributed by atoms with van der Waals surface area (Å²) in [6.45, 7) is 3.04. The van der Waals surface area contributed by atoms with Crippen LogP contribution in [-0.2, 0) is 0 Å². The van der Waals surface area contributed by atoms with E-state index in [1.54, 1.807) is 29.6 Å². The minimum absolute atomic E-state index is 0.140. The van der Waals surface area contributed by atoms with Crippen molar-refractivity contribution in [3.05, 3.63) is 71.9 Å². The molecule has 4 rings (SSSR count). The molecule has 2 aromatic heterocycles. The van der Waals surface area contributed by atoms with Gasteiger partial charge in [0.1, 0.15) is 11.9 Å². The number of nitrogens with zero attached hydrogens (tertiary/aromatic N) is 4. The lowest BCUT2D eigenvalue weighted by Gasteiger charge is -2.33. The lowest BCUT2D eigenvalue weighted by atomic mass is 10.0. The fraction of sp³-hybridized carbons (Fsp3) is 0.273. The molecule has 0 radical (unpaired) electrons. The molecule has 0 unspecified atom stereocenters. The quantitative estimate of drug-likeness (QED) is 0.678. The molecule has 3 aromatic rings. The summed E-state index contributed by atoms with van der Waals surface area (Å²) in [4.78, 5) is 27.6. The Balaban J connectivity index is 1.55. The number of carbonyl (C=O) groups is 1. The number of ether oxygens (including phenoxy) is 1. The molecule has 6 nitrogen and oxygen atoms in total. The van der Waals surface area contributed by atoms with E-state index in [0.29, 0.717) is 35.9 Å². The molecule has 1 aromatic carbocycles. The van der Waals surface area contributed by atoms with Crippen LogP contribution in [-0.4, -0.2) is 45.0 Å². The Kier molecular flexibility index (Phi) is 5.46. The molecule has 0 spiro atoms. The van der Waals surface area contributed by atoms with Crippen LogP contribution in [0.1, 0.15) is 28.8 Å². The fourth-order valence-electron chi connectivity index (χ4n) is 3.46. The maximum Gasteiger partial charge on any atom is 0.254 e. The maximum absolute atomic E-state index is 13.9. The largest absolute Gasteiger partial charge is 0.472 e. The molecule has 0 N–H and O–H groups in total. The van der Waals surface area contributed by atoms with E-state index in [0.717, 1.165) is 18.4 Å². The first-order valence-electron chi connectivity index (χ1n) is 9.55. The van der Waals surface area contributed by atoms with E-state index in [1.807, 2.05) is 19.1 Å². The van der Waals surface area contributed by atoms with Gasteiger partial charge >= 0.3 is 0 Å². The van der Waals surface area contributed by atoms with E-state index in [9.17, 15) is 9.18 Å². The summed E-state index contributed by atoms with van der Waals surface area (Å²) in [6.07, 6.45) is 6.38. The fourth-order valence-corrected chi connectivity index (χ4v) is 3.46. The zero-order valence-corrected chi connectivity index (χ0v) is 16.1. The molecule has 1 aliphatic heterocycles. The first-order valence-corrected chi connectivity index (χ1v) is 9.55. The molecule has 3 heterocycles. The highest BCUT2D eigenvalue weighted by Crippen LogP contribution is 2.25. The van der Waals surface area contributed by atoms with Gasteiger partial charge < -0.3 is 9.64 Å². The van der Waals surface area contributed by atoms with Gasteiger partial charge in [-0.25, -0.2) is 19.3 Å². The standard InChI is InChI=1S/C22H21FN4O2/c1-15-7-10-24-20(12-15)29-17-4-2-11-27(14-17)22(28)18-6-5-16(23)13-19(18)21-25-8-3-9-26-21/h3,5-10,12-13,17H,2,4,11,14H2,1H3/t17-/m1/s1. The maximum atomic E-state index is 13.9. The van der Waals surface area contributed by atoms with Gasteiger partial charge in [0.15, 0.2) is 5.82 Å². The van der Waals surface area contributed by atoms with Crippen molar-refractivity contribution in [2.45, 2.75) is 25.9 Å². The number of hydrogen-bond donors (Lipinski definition) is 0. The Morgan fingerprint density at radius 3 is 2.76 bits per heavy atom. The van der Waals surface area contributed by atoms with Crippen LogP contribution in [0.3, 0.4) is 0 Å². The molecular weight excluding hydrogens is 371 g/mol. The Labute approximate surface area is 168 Å². The molecule has 29 heavy (non-hydrogen) atoms. The summed E-state index contributed by atoms with van der Waals surface area (Å²) < 4.78 is 19.9. The highest BCUT2D eigenvalue weighted by Gasteiger charge is 2.28. The van der Waals surface area contributed by atoms with Crippen molar-refractivity contribution in [1.82, 2.24) is 19.9 Å². The molecule has 0 saturated carbocycles. The molecule has 0 bridgehead atoms. The summed E-state index contributed by atoms with van der Waals surface area (Å²) in [5, 5.41) is 0. The van der Waals surface area contributed by atoms with Crippen molar-refractivity contribution in [2.75, 3.05) is 13.1 Å². The van der Waals surface area contributed by atoms with E-state index in [-0.39, 0.29) is 12.0 Å². The van der Waals surface area contributed by atoms with Crippen LogP contribution >= 0.6 is 0 Å². The van der Waals surface area contributed by atoms with Crippen LogP contribution in [0.4, 0.5) is 4.39 Å². The zero-order valence-electron chi connectivity index (χ0n) is 16.1. The molecule has 1 fully saturated rings. The molecule has 0 aliphatic carbocycles. The van der Waals surface area contributed by atoms with Gasteiger partial charge in [0.25, 0.3) is 5.91 Å². The van der Waals surface area contributed by atoms with Gasteiger partial charge in [0.2, 0.25) is 5.88 Å². The molecule has 1 aliphatic rings. The molecule has 1 saturated heterocycles. The predicted octanol–water partition coefficient (Wildman–Crippen LogP) is 3.67. The number of pyridine rings is 1. The minimum atomic E-state index is -0.436. The smallest absolute Gasteiger partial charge is 0.254 e. The summed E-state index contributed by atoms with van der Waals surface area (Å²) >= 11 is 0.